The van der Waals surface area contributed by atoms with Crippen molar-refractivity contribution in [2.24, 2.45) is 5.73 Å². The van der Waals surface area contributed by atoms with Crippen LogP contribution in [0.25, 0.3) is 0 Å². The van der Waals surface area contributed by atoms with Gasteiger partial charge in [-0.3, -0.25) is 19.2 Å². The van der Waals surface area contributed by atoms with Crippen LogP contribution in [-0.2, 0) is 48.0 Å². The molecule has 2 heterocycles. The predicted molar refractivity (Wildman–Crippen MR) is 179 cm³/mol. The summed E-state index contributed by atoms with van der Waals surface area (Å²) in [6.07, 6.45) is 2.21. The monoisotopic (exact) mass is 668 g/mol. The molecule has 0 saturated carbocycles. The molecule has 0 bridgehead atoms. The Morgan fingerprint density at radius 2 is 1.70 bits per heavy atom. The second-order valence-electron chi connectivity index (χ2n) is 12.6. The normalized spacial score (nSPS) is 17.7. The van der Waals surface area contributed by atoms with Crippen molar-refractivity contribution in [3.05, 3.63) is 70.8 Å². The number of benzene rings is 2. The summed E-state index contributed by atoms with van der Waals surface area (Å²) in [5.41, 5.74) is 9.31. The van der Waals surface area contributed by atoms with Gasteiger partial charge in [-0.1, -0.05) is 54.1 Å². The van der Waals surface area contributed by atoms with E-state index in [9.17, 15) is 27.6 Å². The third-order valence-electron chi connectivity index (χ3n) is 9.19. The van der Waals surface area contributed by atoms with Gasteiger partial charge in [-0.05, 0) is 55.7 Å². The summed E-state index contributed by atoms with van der Waals surface area (Å²) in [5, 5.41) is 2.95. The highest BCUT2D eigenvalue weighted by atomic mass is 32.2. The highest BCUT2D eigenvalue weighted by Gasteiger charge is 2.39. The molecule has 0 spiro atoms. The third kappa shape index (κ3) is 9.85. The fourth-order valence-electron chi connectivity index (χ4n) is 6.42. The molecule has 2 aromatic carbocycles. The summed E-state index contributed by atoms with van der Waals surface area (Å²) in [6.45, 7) is 5.50. The van der Waals surface area contributed by atoms with Gasteiger partial charge in [0.2, 0.25) is 33.7 Å². The van der Waals surface area contributed by atoms with Gasteiger partial charge in [0.25, 0.3) is 0 Å². The predicted octanol–water partition coefficient (Wildman–Crippen LogP) is 1.80. The molecular formula is C34H48N6O6S. The van der Waals surface area contributed by atoms with E-state index >= 15 is 0 Å². The maximum atomic E-state index is 14.0. The molecule has 2 atom stereocenters. The van der Waals surface area contributed by atoms with E-state index in [0.29, 0.717) is 57.4 Å². The first-order valence-electron chi connectivity index (χ1n) is 16.3. The van der Waals surface area contributed by atoms with Gasteiger partial charge >= 0.3 is 0 Å². The molecule has 47 heavy (non-hydrogen) atoms. The maximum Gasteiger partial charge on any atom is 0.243 e. The van der Waals surface area contributed by atoms with Crippen LogP contribution in [0, 0.1) is 6.92 Å². The van der Waals surface area contributed by atoms with E-state index in [4.69, 9.17) is 5.73 Å². The lowest BCUT2D eigenvalue weighted by molar-refractivity contribution is -0.140. The summed E-state index contributed by atoms with van der Waals surface area (Å²) in [4.78, 5) is 57.3. The second kappa shape index (κ2) is 16.3. The van der Waals surface area contributed by atoms with Crippen LogP contribution in [0.15, 0.2) is 48.5 Å². The van der Waals surface area contributed by atoms with Crippen LogP contribution in [0.3, 0.4) is 0 Å². The van der Waals surface area contributed by atoms with Crippen molar-refractivity contribution >= 4 is 33.7 Å². The Morgan fingerprint density at radius 3 is 2.36 bits per heavy atom. The number of rotatable bonds is 13. The molecule has 2 fully saturated rings. The SMILES string of the molecule is CC(=O)N1CCC(N(C)C(=O)CC[C@@H](NS(=O)(=O)Cc2ccccc2)C(=O)N2CCC[C@H]2C(=O)NCc2cc(C)ccc2CN)CC1. The fourth-order valence-corrected chi connectivity index (χ4v) is 7.79. The summed E-state index contributed by atoms with van der Waals surface area (Å²) in [5.74, 6) is -1.38. The summed E-state index contributed by atoms with van der Waals surface area (Å²) < 4.78 is 29.2. The van der Waals surface area contributed by atoms with E-state index < -0.39 is 28.0 Å². The topological polar surface area (TPSA) is 162 Å². The van der Waals surface area contributed by atoms with E-state index in [-0.39, 0.29) is 48.9 Å². The number of likely N-dealkylation sites (tertiary alicyclic amines) is 2. The van der Waals surface area contributed by atoms with Crippen LogP contribution >= 0.6 is 0 Å². The Labute approximate surface area is 278 Å². The molecule has 0 unspecified atom stereocenters. The number of hydrogen-bond acceptors (Lipinski definition) is 7. The van der Waals surface area contributed by atoms with Gasteiger partial charge in [0.1, 0.15) is 12.1 Å². The molecular weight excluding hydrogens is 620 g/mol. The molecule has 12 nitrogen and oxygen atoms in total. The van der Waals surface area contributed by atoms with Crippen molar-refractivity contribution in [2.45, 2.75) is 89.3 Å². The molecule has 2 aliphatic rings. The number of nitrogens with one attached hydrogen (secondary N) is 2. The average Bonchev–Trinajstić information content (AvgIpc) is 3.55. The maximum absolute atomic E-state index is 14.0. The van der Waals surface area contributed by atoms with E-state index in [0.717, 1.165) is 16.7 Å². The molecule has 0 aliphatic carbocycles. The number of sulfonamides is 1. The Kier molecular flexibility index (Phi) is 12.5. The Bertz CT molecular complexity index is 1530. The molecule has 4 amide bonds. The Morgan fingerprint density at radius 1 is 1.00 bits per heavy atom. The van der Waals surface area contributed by atoms with Gasteiger partial charge in [0, 0.05) is 59.2 Å². The first kappa shape index (κ1) is 36.0. The Balaban J connectivity index is 1.46. The smallest absolute Gasteiger partial charge is 0.243 e. The van der Waals surface area contributed by atoms with Crippen molar-refractivity contribution < 1.29 is 27.6 Å². The zero-order valence-corrected chi connectivity index (χ0v) is 28.4. The van der Waals surface area contributed by atoms with Crippen LogP contribution in [0.2, 0.25) is 0 Å². The standard InChI is InChI=1S/C34H48N6O6S/c1-24-11-12-27(21-35)28(20-24)22-36-33(43)31-10-7-17-40(31)34(44)30(37-47(45,46)23-26-8-5-4-6-9-26)13-14-32(42)38(3)29-15-18-39(19-16-29)25(2)41/h4-6,8-9,11-12,20,29-31,37H,7,10,13-19,21-23,35H2,1-3H3,(H,36,43)/t30-,31+/m1/s1. The number of nitrogens with two attached hydrogens (primary N) is 1. The highest BCUT2D eigenvalue weighted by Crippen LogP contribution is 2.22. The quantitative estimate of drug-likeness (QED) is 0.293. The first-order valence-corrected chi connectivity index (χ1v) is 18.0. The van der Waals surface area contributed by atoms with Gasteiger partial charge in [-0.15, -0.1) is 0 Å². The molecule has 4 N–H and O–H groups in total. The third-order valence-corrected chi connectivity index (χ3v) is 10.5. The van der Waals surface area contributed by atoms with Crippen molar-refractivity contribution in [2.75, 3.05) is 26.7 Å². The molecule has 0 radical (unpaired) electrons. The van der Waals surface area contributed by atoms with Gasteiger partial charge in [0.05, 0.1) is 5.75 Å². The molecule has 2 aromatic rings. The van der Waals surface area contributed by atoms with Gasteiger partial charge in [0.15, 0.2) is 0 Å². The zero-order valence-electron chi connectivity index (χ0n) is 27.6. The number of amides is 4. The van der Waals surface area contributed by atoms with E-state index in [2.05, 4.69) is 10.0 Å². The van der Waals surface area contributed by atoms with Gasteiger partial charge in [-0.2, -0.15) is 0 Å². The van der Waals surface area contributed by atoms with Crippen LogP contribution in [0.4, 0.5) is 0 Å². The van der Waals surface area contributed by atoms with E-state index in [1.165, 1.54) is 11.8 Å². The lowest BCUT2D eigenvalue weighted by Gasteiger charge is -2.36. The summed E-state index contributed by atoms with van der Waals surface area (Å²) in [7, 11) is -2.27. The van der Waals surface area contributed by atoms with Gasteiger partial charge in [-0.25, -0.2) is 13.1 Å². The van der Waals surface area contributed by atoms with E-state index in [1.54, 1.807) is 47.2 Å². The Hall–Kier alpha value is -3.81. The van der Waals surface area contributed by atoms with E-state index in [1.807, 2.05) is 25.1 Å². The number of carbonyl (C=O) groups is 4. The largest absolute Gasteiger partial charge is 0.350 e. The molecule has 0 aromatic heterocycles. The first-order chi connectivity index (χ1) is 22.4. The van der Waals surface area contributed by atoms with Crippen molar-refractivity contribution in [3.63, 3.8) is 0 Å². The highest BCUT2D eigenvalue weighted by molar-refractivity contribution is 7.88. The summed E-state index contributed by atoms with van der Waals surface area (Å²) in [6, 6.07) is 12.5. The average molecular weight is 669 g/mol. The molecule has 2 aliphatic heterocycles. The number of hydrogen-bond donors (Lipinski definition) is 3. The number of carbonyl (C=O) groups excluding carboxylic acids is 4. The van der Waals surface area contributed by atoms with Crippen molar-refractivity contribution in [1.82, 2.24) is 24.7 Å². The lowest BCUT2D eigenvalue weighted by atomic mass is 10.0. The summed E-state index contributed by atoms with van der Waals surface area (Å²) >= 11 is 0. The number of aryl methyl sites for hydroxylation is 1. The molecule has 2 saturated heterocycles. The minimum atomic E-state index is -3.98. The molecule has 13 heteroatoms. The lowest BCUT2D eigenvalue weighted by Crippen LogP contribution is -2.54. The minimum absolute atomic E-state index is 0.00550. The van der Waals surface area contributed by atoms with Gasteiger partial charge < -0.3 is 25.8 Å². The van der Waals surface area contributed by atoms with Crippen molar-refractivity contribution in [1.29, 1.82) is 0 Å². The fraction of sp³-hybridized carbons (Fsp3) is 0.529. The van der Waals surface area contributed by atoms with Crippen LogP contribution in [0.1, 0.15) is 67.7 Å². The second-order valence-corrected chi connectivity index (χ2v) is 14.3. The van der Waals surface area contributed by atoms with Crippen molar-refractivity contribution in [3.8, 4) is 0 Å². The van der Waals surface area contributed by atoms with Crippen LogP contribution < -0.4 is 15.8 Å². The number of nitrogens with zero attached hydrogens (tertiary/aromatic N) is 3. The number of piperidine rings is 1. The minimum Gasteiger partial charge on any atom is -0.350 e. The molecule has 256 valence electrons. The molecule has 4 rings (SSSR count). The zero-order chi connectivity index (χ0) is 34.1. The van der Waals surface area contributed by atoms with Crippen LogP contribution in [-0.4, -0.2) is 91.6 Å². The van der Waals surface area contributed by atoms with Crippen LogP contribution in [0.5, 0.6) is 0 Å².